The van der Waals surface area contributed by atoms with Crippen LogP contribution in [0.15, 0.2) is 16.8 Å². The summed E-state index contributed by atoms with van der Waals surface area (Å²) < 4.78 is 5.62. The second-order valence-electron chi connectivity index (χ2n) is 6.12. The number of thiophene rings is 1. The van der Waals surface area contributed by atoms with E-state index in [2.05, 4.69) is 27.0 Å². The summed E-state index contributed by atoms with van der Waals surface area (Å²) in [7, 11) is 0. The molecule has 0 unspecified atom stereocenters. The first-order chi connectivity index (χ1) is 9.89. The third-order valence-electron chi connectivity index (χ3n) is 4.81. The van der Waals surface area contributed by atoms with Crippen LogP contribution in [0.4, 0.5) is 0 Å². The lowest BCUT2D eigenvalue weighted by atomic mass is 9.86. The number of rotatable bonds is 5. The smallest absolute Gasteiger partial charge is 0.0484 e. The van der Waals surface area contributed by atoms with E-state index >= 15 is 0 Å². The molecule has 1 aromatic heterocycles. The van der Waals surface area contributed by atoms with Crippen LogP contribution >= 0.6 is 11.3 Å². The molecule has 0 spiro atoms. The van der Waals surface area contributed by atoms with Crippen molar-refractivity contribution in [3.05, 3.63) is 22.4 Å². The Bertz CT molecular complexity index is 381. The van der Waals surface area contributed by atoms with Gasteiger partial charge in [-0.3, -0.25) is 4.90 Å². The minimum absolute atomic E-state index is 0.342. The molecule has 0 amide bonds. The van der Waals surface area contributed by atoms with E-state index in [-0.39, 0.29) is 0 Å². The molecule has 3 heterocycles. The van der Waals surface area contributed by atoms with Gasteiger partial charge in [0.1, 0.15) is 0 Å². The highest BCUT2D eigenvalue weighted by Gasteiger charge is 2.38. The molecule has 0 aromatic carbocycles. The van der Waals surface area contributed by atoms with Gasteiger partial charge in [-0.05, 0) is 61.2 Å². The zero-order valence-corrected chi connectivity index (χ0v) is 13.1. The first-order valence-corrected chi connectivity index (χ1v) is 8.88. The van der Waals surface area contributed by atoms with Crippen LogP contribution in [0.5, 0.6) is 0 Å². The summed E-state index contributed by atoms with van der Waals surface area (Å²) in [6.45, 7) is 6.51. The third-order valence-corrected chi connectivity index (χ3v) is 5.55. The molecule has 2 fully saturated rings. The van der Waals surface area contributed by atoms with Crippen molar-refractivity contribution in [2.45, 2.75) is 44.2 Å². The van der Waals surface area contributed by atoms with Crippen LogP contribution in [-0.2, 0) is 11.3 Å². The van der Waals surface area contributed by atoms with Crippen molar-refractivity contribution in [3.8, 4) is 0 Å². The van der Waals surface area contributed by atoms with Crippen molar-refractivity contribution in [2.24, 2.45) is 0 Å². The van der Waals surface area contributed by atoms with Crippen molar-refractivity contribution in [2.75, 3.05) is 32.8 Å². The van der Waals surface area contributed by atoms with Crippen LogP contribution in [0, 0.1) is 0 Å². The number of nitrogens with zero attached hydrogens (tertiary/aromatic N) is 1. The molecular formula is C16H26N2OS. The highest BCUT2D eigenvalue weighted by atomic mass is 32.1. The fourth-order valence-electron chi connectivity index (χ4n) is 3.56. The van der Waals surface area contributed by atoms with Crippen molar-refractivity contribution < 1.29 is 4.74 Å². The summed E-state index contributed by atoms with van der Waals surface area (Å²) in [6.07, 6.45) is 6.51. The van der Waals surface area contributed by atoms with Crippen LogP contribution in [0.3, 0.4) is 0 Å². The van der Waals surface area contributed by atoms with E-state index in [0.29, 0.717) is 5.54 Å². The maximum Gasteiger partial charge on any atom is 0.0484 e. The number of likely N-dealkylation sites (tertiary alicyclic amines) is 1. The van der Waals surface area contributed by atoms with Gasteiger partial charge in [0, 0.05) is 31.8 Å². The van der Waals surface area contributed by atoms with Gasteiger partial charge in [0.2, 0.25) is 0 Å². The van der Waals surface area contributed by atoms with Gasteiger partial charge < -0.3 is 10.1 Å². The molecule has 0 atom stereocenters. The number of hydrogen-bond acceptors (Lipinski definition) is 4. The Morgan fingerprint density at radius 1 is 1.20 bits per heavy atom. The highest BCUT2D eigenvalue weighted by molar-refractivity contribution is 7.07. The van der Waals surface area contributed by atoms with E-state index in [0.717, 1.165) is 26.3 Å². The lowest BCUT2D eigenvalue weighted by Crippen LogP contribution is -2.59. The minimum atomic E-state index is 0.342. The van der Waals surface area contributed by atoms with E-state index < -0.39 is 0 Å². The van der Waals surface area contributed by atoms with E-state index in [9.17, 15) is 0 Å². The minimum Gasteiger partial charge on any atom is -0.381 e. The van der Waals surface area contributed by atoms with Crippen LogP contribution < -0.4 is 5.32 Å². The lowest BCUT2D eigenvalue weighted by Gasteiger charge is -2.48. The number of piperidine rings is 1. The topological polar surface area (TPSA) is 24.5 Å². The molecular weight excluding hydrogens is 268 g/mol. The molecule has 2 aliphatic rings. The number of nitrogens with one attached hydrogen (secondary N) is 1. The van der Waals surface area contributed by atoms with Crippen LogP contribution in [0.2, 0.25) is 0 Å². The molecule has 3 rings (SSSR count). The molecule has 0 saturated carbocycles. The van der Waals surface area contributed by atoms with Gasteiger partial charge in [0.15, 0.2) is 0 Å². The molecule has 3 nitrogen and oxygen atoms in total. The summed E-state index contributed by atoms with van der Waals surface area (Å²) >= 11 is 1.78. The molecule has 0 radical (unpaired) electrons. The SMILES string of the molecule is c1cc(CNCC2(N3CCCCC3)CCOCC2)cs1. The maximum absolute atomic E-state index is 5.62. The number of ether oxygens (including phenoxy) is 1. The van der Waals surface area contributed by atoms with Gasteiger partial charge in [-0.25, -0.2) is 0 Å². The largest absolute Gasteiger partial charge is 0.381 e. The maximum atomic E-state index is 5.62. The number of hydrogen-bond donors (Lipinski definition) is 1. The van der Waals surface area contributed by atoms with Crippen molar-refractivity contribution in [1.82, 2.24) is 10.2 Å². The van der Waals surface area contributed by atoms with Crippen molar-refractivity contribution in [1.29, 1.82) is 0 Å². The molecule has 1 N–H and O–H groups in total. The van der Waals surface area contributed by atoms with Gasteiger partial charge in [0.05, 0.1) is 0 Å². The molecule has 1 aromatic rings. The summed E-state index contributed by atoms with van der Waals surface area (Å²) in [4.78, 5) is 2.75. The van der Waals surface area contributed by atoms with Gasteiger partial charge in [-0.15, -0.1) is 0 Å². The zero-order chi connectivity index (χ0) is 13.7. The Labute approximate surface area is 126 Å². The Morgan fingerprint density at radius 3 is 2.70 bits per heavy atom. The second kappa shape index (κ2) is 7.03. The summed E-state index contributed by atoms with van der Waals surface area (Å²) in [5.74, 6) is 0. The van der Waals surface area contributed by atoms with Crippen LogP contribution in [-0.4, -0.2) is 43.3 Å². The fraction of sp³-hybridized carbons (Fsp3) is 0.750. The molecule has 112 valence electrons. The summed E-state index contributed by atoms with van der Waals surface area (Å²) in [6, 6.07) is 2.22. The monoisotopic (exact) mass is 294 g/mol. The third kappa shape index (κ3) is 3.42. The molecule has 4 heteroatoms. The summed E-state index contributed by atoms with van der Waals surface area (Å²) in [5.41, 5.74) is 1.75. The van der Waals surface area contributed by atoms with E-state index in [1.807, 2.05) is 0 Å². The molecule has 2 aliphatic heterocycles. The first-order valence-electron chi connectivity index (χ1n) is 7.94. The van der Waals surface area contributed by atoms with Gasteiger partial charge in [-0.1, -0.05) is 6.42 Å². The molecule has 0 aliphatic carbocycles. The lowest BCUT2D eigenvalue weighted by molar-refractivity contribution is -0.0358. The Balaban J connectivity index is 1.59. The average molecular weight is 294 g/mol. The quantitative estimate of drug-likeness (QED) is 0.904. The predicted octanol–water partition coefficient (Wildman–Crippen LogP) is 2.87. The normalized spacial score (nSPS) is 23.8. The standard InChI is InChI=1S/C16H26N2OS/c1-2-7-18(8-3-1)16(5-9-19-10-6-16)14-17-12-15-4-11-20-13-15/h4,11,13,17H,1-3,5-10,12,14H2. The predicted molar refractivity (Wildman–Crippen MR) is 84.2 cm³/mol. The van der Waals surface area contributed by atoms with E-state index in [1.54, 1.807) is 11.3 Å². The molecule has 0 bridgehead atoms. The van der Waals surface area contributed by atoms with Gasteiger partial charge in [-0.2, -0.15) is 11.3 Å². The zero-order valence-electron chi connectivity index (χ0n) is 12.3. The van der Waals surface area contributed by atoms with Crippen molar-refractivity contribution >= 4 is 11.3 Å². The molecule has 20 heavy (non-hydrogen) atoms. The van der Waals surface area contributed by atoms with E-state index in [1.165, 1.54) is 50.8 Å². The van der Waals surface area contributed by atoms with Crippen LogP contribution in [0.25, 0.3) is 0 Å². The van der Waals surface area contributed by atoms with Gasteiger partial charge >= 0.3 is 0 Å². The van der Waals surface area contributed by atoms with Crippen molar-refractivity contribution in [3.63, 3.8) is 0 Å². The van der Waals surface area contributed by atoms with Gasteiger partial charge in [0.25, 0.3) is 0 Å². The summed E-state index contributed by atoms with van der Waals surface area (Å²) in [5, 5.41) is 8.10. The first kappa shape index (κ1) is 14.5. The highest BCUT2D eigenvalue weighted by Crippen LogP contribution is 2.30. The second-order valence-corrected chi connectivity index (χ2v) is 6.90. The Kier molecular flexibility index (Phi) is 5.10. The fourth-order valence-corrected chi connectivity index (χ4v) is 4.23. The average Bonchev–Trinajstić information content (AvgIpc) is 3.02. The van der Waals surface area contributed by atoms with E-state index in [4.69, 9.17) is 4.74 Å². The Morgan fingerprint density at radius 2 is 2.00 bits per heavy atom. The van der Waals surface area contributed by atoms with Crippen LogP contribution in [0.1, 0.15) is 37.7 Å². The molecule has 2 saturated heterocycles. The Hall–Kier alpha value is -0.420.